The second-order valence-corrected chi connectivity index (χ2v) is 4.44. The summed E-state index contributed by atoms with van der Waals surface area (Å²) in [4.78, 5) is 7.89. The first-order valence-electron chi connectivity index (χ1n) is 5.48. The lowest BCUT2D eigenvalue weighted by Crippen LogP contribution is -2.36. The van der Waals surface area contributed by atoms with Crippen LogP contribution in [0.25, 0.3) is 11.0 Å². The lowest BCUT2D eigenvalue weighted by atomic mass is 10.2. The van der Waals surface area contributed by atoms with Gasteiger partial charge >= 0.3 is 0 Å². The Hall–Kier alpha value is -1.40. The Morgan fingerprint density at radius 3 is 2.53 bits per heavy atom. The zero-order valence-corrected chi connectivity index (χ0v) is 9.94. The molecule has 0 amide bonds. The van der Waals surface area contributed by atoms with Crippen LogP contribution in [-0.2, 0) is 4.74 Å². The summed E-state index contributed by atoms with van der Waals surface area (Å²) in [6.45, 7) is 2.71. The van der Waals surface area contributed by atoms with Crippen LogP contribution in [0.5, 0.6) is 0 Å². The minimum Gasteiger partial charge on any atom is -0.378 e. The van der Waals surface area contributed by atoms with E-state index >= 15 is 0 Å². The Bertz CT molecular complexity index is 600. The zero-order valence-electron chi connectivity index (χ0n) is 9.12. The normalized spacial score (nSPS) is 16.6. The van der Waals surface area contributed by atoms with Crippen molar-refractivity contribution in [3.63, 3.8) is 0 Å². The molecular formula is C11H12FN3OS. The highest BCUT2D eigenvalue weighted by Crippen LogP contribution is 2.25. The number of morpholine rings is 1. The lowest BCUT2D eigenvalue weighted by Gasteiger charge is -2.29. The molecule has 1 aliphatic heterocycles. The number of hydrogen-bond donors (Lipinski definition) is 2. The largest absolute Gasteiger partial charge is 0.378 e. The number of nitrogens with zero attached hydrogens (tertiary/aromatic N) is 1. The fraction of sp³-hybridized carbons (Fsp3) is 0.364. The Morgan fingerprint density at radius 1 is 1.18 bits per heavy atom. The molecule has 1 aromatic heterocycles. The van der Waals surface area contributed by atoms with Gasteiger partial charge in [-0.15, -0.1) is 0 Å². The lowest BCUT2D eigenvalue weighted by molar-refractivity contribution is 0.122. The minimum atomic E-state index is -0.232. The SMILES string of the molecule is Fc1cc2[nH]c(=S)[nH]c2cc1N1CCOCC1. The standard InChI is InChI=1S/C11H12FN3OS/c12-7-5-8-9(14-11(17)13-8)6-10(7)15-1-3-16-4-2-15/h5-6H,1-4H2,(H2,13,14,17). The monoisotopic (exact) mass is 253 g/mol. The van der Waals surface area contributed by atoms with Crippen LogP contribution >= 0.6 is 12.2 Å². The molecule has 1 saturated heterocycles. The van der Waals surface area contributed by atoms with Gasteiger partial charge in [-0.2, -0.15) is 0 Å². The second-order valence-electron chi connectivity index (χ2n) is 4.03. The maximum atomic E-state index is 14.0. The molecule has 2 heterocycles. The molecule has 2 aromatic rings. The summed E-state index contributed by atoms with van der Waals surface area (Å²) >= 11 is 4.99. The minimum absolute atomic E-state index is 0.232. The Kier molecular flexibility index (Phi) is 2.60. The topological polar surface area (TPSA) is 44.0 Å². The molecule has 0 unspecified atom stereocenters. The summed E-state index contributed by atoms with van der Waals surface area (Å²) in [5.74, 6) is -0.232. The third-order valence-corrected chi connectivity index (χ3v) is 3.14. The first kappa shape index (κ1) is 10.7. The molecule has 1 fully saturated rings. The summed E-state index contributed by atoms with van der Waals surface area (Å²) in [5, 5.41) is 0. The average molecular weight is 253 g/mol. The van der Waals surface area contributed by atoms with Gasteiger partial charge in [-0.1, -0.05) is 0 Å². The smallest absolute Gasteiger partial charge is 0.175 e. The molecular weight excluding hydrogens is 241 g/mol. The highest BCUT2D eigenvalue weighted by atomic mass is 32.1. The first-order chi connectivity index (χ1) is 8.24. The average Bonchev–Trinajstić information content (AvgIpc) is 2.68. The molecule has 6 heteroatoms. The number of aromatic amines is 2. The van der Waals surface area contributed by atoms with Crippen LogP contribution in [0.4, 0.5) is 10.1 Å². The van der Waals surface area contributed by atoms with E-state index in [1.54, 1.807) is 6.07 Å². The van der Waals surface area contributed by atoms with Crippen LogP contribution in [-0.4, -0.2) is 36.3 Å². The van der Waals surface area contributed by atoms with Crippen LogP contribution in [0.1, 0.15) is 0 Å². The summed E-state index contributed by atoms with van der Waals surface area (Å²) in [7, 11) is 0. The number of anilines is 1. The molecule has 0 atom stereocenters. The van der Waals surface area contributed by atoms with Crippen molar-refractivity contribution in [1.29, 1.82) is 0 Å². The van der Waals surface area contributed by atoms with Gasteiger partial charge < -0.3 is 19.6 Å². The molecule has 0 bridgehead atoms. The quantitative estimate of drug-likeness (QED) is 0.766. The molecule has 1 aromatic carbocycles. The highest BCUT2D eigenvalue weighted by Gasteiger charge is 2.16. The van der Waals surface area contributed by atoms with Crippen molar-refractivity contribution >= 4 is 28.9 Å². The van der Waals surface area contributed by atoms with Crippen molar-refractivity contribution in [2.45, 2.75) is 0 Å². The maximum Gasteiger partial charge on any atom is 0.175 e. The van der Waals surface area contributed by atoms with Crippen molar-refractivity contribution in [2.24, 2.45) is 0 Å². The van der Waals surface area contributed by atoms with Gasteiger partial charge in [-0.05, 0) is 18.3 Å². The van der Waals surface area contributed by atoms with Crippen molar-refractivity contribution in [1.82, 2.24) is 9.97 Å². The Morgan fingerprint density at radius 2 is 1.82 bits per heavy atom. The van der Waals surface area contributed by atoms with Crippen molar-refractivity contribution in [3.05, 3.63) is 22.7 Å². The van der Waals surface area contributed by atoms with Gasteiger partial charge in [0.25, 0.3) is 0 Å². The summed E-state index contributed by atoms with van der Waals surface area (Å²) in [6, 6.07) is 3.27. The predicted octanol–water partition coefficient (Wildman–Crippen LogP) is 2.20. The van der Waals surface area contributed by atoms with Gasteiger partial charge in [-0.25, -0.2) is 4.39 Å². The van der Waals surface area contributed by atoms with Crippen molar-refractivity contribution in [2.75, 3.05) is 31.2 Å². The molecule has 17 heavy (non-hydrogen) atoms. The summed E-state index contributed by atoms with van der Waals surface area (Å²) in [5.41, 5.74) is 2.13. The number of fused-ring (bicyclic) bond motifs is 1. The maximum absolute atomic E-state index is 14.0. The van der Waals surface area contributed by atoms with Gasteiger partial charge in [-0.3, -0.25) is 0 Å². The fourth-order valence-corrected chi connectivity index (χ4v) is 2.31. The number of halogens is 1. The third kappa shape index (κ3) is 1.94. The van der Waals surface area contributed by atoms with E-state index in [1.807, 2.05) is 4.90 Å². The molecule has 1 aliphatic rings. The van der Waals surface area contributed by atoms with E-state index in [9.17, 15) is 4.39 Å². The molecule has 0 radical (unpaired) electrons. The van der Waals surface area contributed by atoms with E-state index in [2.05, 4.69) is 9.97 Å². The number of ether oxygens (including phenoxy) is 1. The van der Waals surface area contributed by atoms with E-state index in [0.717, 1.165) is 5.52 Å². The highest BCUT2D eigenvalue weighted by molar-refractivity contribution is 7.71. The first-order valence-corrected chi connectivity index (χ1v) is 5.89. The van der Waals surface area contributed by atoms with Crippen LogP contribution < -0.4 is 4.90 Å². The van der Waals surface area contributed by atoms with Crippen LogP contribution in [0.15, 0.2) is 12.1 Å². The molecule has 4 nitrogen and oxygen atoms in total. The van der Waals surface area contributed by atoms with Gasteiger partial charge in [0.1, 0.15) is 5.82 Å². The summed E-state index contributed by atoms with van der Waals surface area (Å²) in [6.07, 6.45) is 0. The number of H-pyrrole nitrogens is 2. The van der Waals surface area contributed by atoms with Crippen LogP contribution in [0.3, 0.4) is 0 Å². The third-order valence-electron chi connectivity index (χ3n) is 2.94. The zero-order chi connectivity index (χ0) is 11.8. The van der Waals surface area contributed by atoms with Crippen molar-refractivity contribution in [3.8, 4) is 0 Å². The fourth-order valence-electron chi connectivity index (χ4n) is 2.09. The predicted molar refractivity (Wildman–Crippen MR) is 66.5 cm³/mol. The van der Waals surface area contributed by atoms with E-state index in [0.29, 0.717) is 42.3 Å². The Balaban J connectivity index is 2.08. The summed E-state index contributed by atoms with van der Waals surface area (Å²) < 4.78 is 19.7. The number of benzene rings is 1. The van der Waals surface area contributed by atoms with E-state index in [1.165, 1.54) is 6.07 Å². The molecule has 0 spiro atoms. The van der Waals surface area contributed by atoms with Gasteiger partial charge in [0.05, 0.1) is 29.9 Å². The number of aromatic nitrogens is 2. The van der Waals surface area contributed by atoms with Gasteiger partial charge in [0.15, 0.2) is 4.77 Å². The second kappa shape index (κ2) is 4.12. The number of imidazole rings is 1. The van der Waals surface area contributed by atoms with E-state index < -0.39 is 0 Å². The van der Waals surface area contributed by atoms with Gasteiger partial charge in [0.2, 0.25) is 0 Å². The molecule has 0 aliphatic carbocycles. The van der Waals surface area contributed by atoms with Gasteiger partial charge in [0, 0.05) is 19.2 Å². The number of hydrogen-bond acceptors (Lipinski definition) is 3. The van der Waals surface area contributed by atoms with Crippen LogP contribution in [0.2, 0.25) is 0 Å². The van der Waals surface area contributed by atoms with Crippen molar-refractivity contribution < 1.29 is 9.13 Å². The van der Waals surface area contributed by atoms with E-state index in [-0.39, 0.29) is 5.82 Å². The molecule has 0 saturated carbocycles. The molecule has 2 N–H and O–H groups in total. The van der Waals surface area contributed by atoms with E-state index in [4.69, 9.17) is 17.0 Å². The molecule has 90 valence electrons. The molecule has 3 rings (SSSR count). The number of rotatable bonds is 1. The Labute approximate surface area is 102 Å². The van der Waals surface area contributed by atoms with Crippen LogP contribution in [0, 0.1) is 10.6 Å². The number of nitrogens with one attached hydrogen (secondary N) is 2.